The molecule has 3 heterocycles. The van der Waals surface area contributed by atoms with Crippen molar-refractivity contribution in [1.82, 2.24) is 15.1 Å². The number of furan rings is 1. The number of piperazine rings is 1. The molecule has 0 aromatic carbocycles. The molecule has 2 aliphatic heterocycles. The second-order valence-electron chi connectivity index (χ2n) is 6.42. The molecule has 0 radical (unpaired) electrons. The first-order valence-electron chi connectivity index (χ1n) is 7.37. The lowest BCUT2D eigenvalue weighted by Gasteiger charge is -2.32. The Bertz CT molecular complexity index is 396. The molecular weight excluding hydrogens is 238 g/mol. The molecule has 1 aromatic rings. The highest BCUT2D eigenvalue weighted by atomic mass is 16.3. The van der Waals surface area contributed by atoms with E-state index in [1.54, 1.807) is 6.26 Å². The molecule has 0 amide bonds. The standard InChI is InChI=1S/C15H25N3O/c1-15(2)10-13(17-7-5-16-6-8-17)11-18(15)12-14-4-3-9-19-14/h3-4,9,13,16H,5-8,10-12H2,1-2H3. The summed E-state index contributed by atoms with van der Waals surface area (Å²) < 4.78 is 5.50. The third kappa shape index (κ3) is 2.86. The maximum atomic E-state index is 5.50. The van der Waals surface area contributed by atoms with Gasteiger partial charge in [-0.2, -0.15) is 0 Å². The van der Waals surface area contributed by atoms with Gasteiger partial charge < -0.3 is 9.73 Å². The third-order valence-electron chi connectivity index (χ3n) is 4.62. The molecule has 0 spiro atoms. The van der Waals surface area contributed by atoms with Crippen LogP contribution >= 0.6 is 0 Å². The molecular formula is C15H25N3O. The Hall–Kier alpha value is -0.840. The second kappa shape index (κ2) is 5.27. The van der Waals surface area contributed by atoms with Crippen LogP contribution < -0.4 is 5.32 Å². The molecule has 0 saturated carbocycles. The summed E-state index contributed by atoms with van der Waals surface area (Å²) in [6.07, 6.45) is 3.03. The molecule has 0 aliphatic carbocycles. The molecule has 1 unspecified atom stereocenters. The summed E-state index contributed by atoms with van der Waals surface area (Å²) in [6, 6.07) is 4.76. The van der Waals surface area contributed by atoms with E-state index in [1.165, 1.54) is 19.5 Å². The zero-order valence-corrected chi connectivity index (χ0v) is 12.1. The van der Waals surface area contributed by atoms with E-state index in [9.17, 15) is 0 Å². The molecule has 1 aromatic heterocycles. The smallest absolute Gasteiger partial charge is 0.117 e. The monoisotopic (exact) mass is 263 g/mol. The van der Waals surface area contributed by atoms with Crippen LogP contribution in [0.5, 0.6) is 0 Å². The molecule has 1 atom stereocenters. The van der Waals surface area contributed by atoms with Crippen LogP contribution in [0.4, 0.5) is 0 Å². The summed E-state index contributed by atoms with van der Waals surface area (Å²) in [4.78, 5) is 5.22. The Balaban J connectivity index is 1.65. The minimum Gasteiger partial charge on any atom is -0.468 e. The van der Waals surface area contributed by atoms with Crippen molar-refractivity contribution in [3.05, 3.63) is 24.2 Å². The van der Waals surface area contributed by atoms with Gasteiger partial charge in [-0.05, 0) is 32.4 Å². The molecule has 4 nitrogen and oxygen atoms in total. The van der Waals surface area contributed by atoms with Gasteiger partial charge in [-0.3, -0.25) is 9.80 Å². The van der Waals surface area contributed by atoms with Gasteiger partial charge in [0.1, 0.15) is 5.76 Å². The molecule has 2 aliphatic rings. The highest BCUT2D eigenvalue weighted by Crippen LogP contribution is 2.32. The predicted octanol–water partition coefficient (Wildman–Crippen LogP) is 1.54. The average Bonchev–Trinajstić information content (AvgIpc) is 3.00. The van der Waals surface area contributed by atoms with E-state index in [-0.39, 0.29) is 5.54 Å². The molecule has 4 heteroatoms. The number of nitrogens with one attached hydrogen (secondary N) is 1. The van der Waals surface area contributed by atoms with E-state index in [2.05, 4.69) is 35.0 Å². The van der Waals surface area contributed by atoms with Gasteiger partial charge in [0, 0.05) is 44.3 Å². The van der Waals surface area contributed by atoms with Crippen molar-refractivity contribution >= 4 is 0 Å². The quantitative estimate of drug-likeness (QED) is 0.896. The van der Waals surface area contributed by atoms with Crippen molar-refractivity contribution in [2.24, 2.45) is 0 Å². The van der Waals surface area contributed by atoms with Crippen LogP contribution in [0.3, 0.4) is 0 Å². The highest BCUT2D eigenvalue weighted by Gasteiger charge is 2.40. The van der Waals surface area contributed by atoms with Crippen molar-refractivity contribution in [3.63, 3.8) is 0 Å². The predicted molar refractivity (Wildman–Crippen MR) is 76.0 cm³/mol. The van der Waals surface area contributed by atoms with Crippen LogP contribution in [-0.2, 0) is 6.54 Å². The van der Waals surface area contributed by atoms with Gasteiger partial charge in [-0.25, -0.2) is 0 Å². The maximum absolute atomic E-state index is 5.50. The number of nitrogens with zero attached hydrogens (tertiary/aromatic N) is 2. The SMILES string of the molecule is CC1(C)CC(N2CCNCC2)CN1Cc1ccco1. The first kappa shape index (κ1) is 13.2. The summed E-state index contributed by atoms with van der Waals surface area (Å²) in [7, 11) is 0. The molecule has 0 bridgehead atoms. The molecule has 2 saturated heterocycles. The number of likely N-dealkylation sites (tertiary alicyclic amines) is 1. The van der Waals surface area contributed by atoms with Crippen LogP contribution in [0.25, 0.3) is 0 Å². The summed E-state index contributed by atoms with van der Waals surface area (Å²) in [5.41, 5.74) is 0.266. The Morgan fingerprint density at radius 2 is 2.16 bits per heavy atom. The van der Waals surface area contributed by atoms with Crippen molar-refractivity contribution in [2.75, 3.05) is 32.7 Å². The van der Waals surface area contributed by atoms with E-state index < -0.39 is 0 Å². The molecule has 106 valence electrons. The lowest BCUT2D eigenvalue weighted by Crippen LogP contribution is -2.49. The Kier molecular flexibility index (Phi) is 3.65. The van der Waals surface area contributed by atoms with Gasteiger partial charge in [0.25, 0.3) is 0 Å². The Morgan fingerprint density at radius 1 is 1.37 bits per heavy atom. The normalized spacial score (nSPS) is 28.8. The highest BCUT2D eigenvalue weighted by molar-refractivity contribution is 5.03. The summed E-state index contributed by atoms with van der Waals surface area (Å²) in [5.74, 6) is 1.08. The van der Waals surface area contributed by atoms with Gasteiger partial charge in [0.15, 0.2) is 0 Å². The first-order chi connectivity index (χ1) is 9.15. The molecule has 19 heavy (non-hydrogen) atoms. The summed E-state index contributed by atoms with van der Waals surface area (Å²) >= 11 is 0. The minimum absolute atomic E-state index is 0.266. The van der Waals surface area contributed by atoms with E-state index in [4.69, 9.17) is 4.42 Å². The third-order valence-corrected chi connectivity index (χ3v) is 4.62. The van der Waals surface area contributed by atoms with Crippen LogP contribution in [0.1, 0.15) is 26.0 Å². The number of rotatable bonds is 3. The fourth-order valence-electron chi connectivity index (χ4n) is 3.43. The van der Waals surface area contributed by atoms with Gasteiger partial charge >= 0.3 is 0 Å². The van der Waals surface area contributed by atoms with Crippen molar-refractivity contribution in [2.45, 2.75) is 38.4 Å². The second-order valence-corrected chi connectivity index (χ2v) is 6.42. The summed E-state index contributed by atoms with van der Waals surface area (Å²) in [5, 5.41) is 3.44. The van der Waals surface area contributed by atoms with Crippen LogP contribution in [0.15, 0.2) is 22.8 Å². The summed E-state index contributed by atoms with van der Waals surface area (Å²) in [6.45, 7) is 11.5. The van der Waals surface area contributed by atoms with E-state index >= 15 is 0 Å². The zero-order valence-electron chi connectivity index (χ0n) is 12.1. The number of hydrogen-bond acceptors (Lipinski definition) is 4. The van der Waals surface area contributed by atoms with E-state index in [1.807, 2.05) is 6.07 Å². The van der Waals surface area contributed by atoms with Crippen molar-refractivity contribution in [1.29, 1.82) is 0 Å². The molecule has 3 rings (SSSR count). The molecule has 2 fully saturated rings. The fourth-order valence-corrected chi connectivity index (χ4v) is 3.43. The first-order valence-corrected chi connectivity index (χ1v) is 7.37. The van der Waals surface area contributed by atoms with Crippen molar-refractivity contribution < 1.29 is 4.42 Å². The topological polar surface area (TPSA) is 31.6 Å². The van der Waals surface area contributed by atoms with Gasteiger partial charge in [0.05, 0.1) is 12.8 Å². The van der Waals surface area contributed by atoms with E-state index in [0.29, 0.717) is 6.04 Å². The lowest BCUT2D eigenvalue weighted by molar-refractivity contribution is 0.147. The Morgan fingerprint density at radius 3 is 2.84 bits per heavy atom. The van der Waals surface area contributed by atoms with Gasteiger partial charge in [-0.15, -0.1) is 0 Å². The Labute approximate surface area is 115 Å². The van der Waals surface area contributed by atoms with E-state index in [0.717, 1.165) is 31.9 Å². The average molecular weight is 263 g/mol. The van der Waals surface area contributed by atoms with Crippen LogP contribution in [0, 0.1) is 0 Å². The lowest BCUT2D eigenvalue weighted by atomic mass is 9.99. The number of hydrogen-bond donors (Lipinski definition) is 1. The fraction of sp³-hybridized carbons (Fsp3) is 0.733. The zero-order chi connectivity index (χ0) is 13.3. The van der Waals surface area contributed by atoms with Crippen molar-refractivity contribution in [3.8, 4) is 0 Å². The van der Waals surface area contributed by atoms with Gasteiger partial charge in [-0.1, -0.05) is 0 Å². The molecule has 1 N–H and O–H groups in total. The largest absolute Gasteiger partial charge is 0.468 e. The maximum Gasteiger partial charge on any atom is 0.117 e. The van der Waals surface area contributed by atoms with Crippen LogP contribution in [-0.4, -0.2) is 54.1 Å². The van der Waals surface area contributed by atoms with Crippen LogP contribution in [0.2, 0.25) is 0 Å². The minimum atomic E-state index is 0.266. The van der Waals surface area contributed by atoms with Gasteiger partial charge in [0.2, 0.25) is 0 Å².